The van der Waals surface area contributed by atoms with Gasteiger partial charge in [0.05, 0.1) is 6.10 Å². The van der Waals surface area contributed by atoms with E-state index in [-0.39, 0.29) is 18.6 Å². The molecule has 0 aliphatic carbocycles. The average Bonchev–Trinajstić information content (AvgIpc) is 2.54. The largest absolute Gasteiger partial charge is 0.369 e. The van der Waals surface area contributed by atoms with Crippen molar-refractivity contribution in [3.8, 4) is 0 Å². The zero-order chi connectivity index (χ0) is 16.8. The topological polar surface area (TPSA) is 36.0 Å². The van der Waals surface area contributed by atoms with E-state index in [0.29, 0.717) is 6.04 Å². The number of carbonyl (C=O) groups excluding carboxylic acids is 1. The van der Waals surface area contributed by atoms with Crippen LogP contribution in [0.1, 0.15) is 40.5 Å². The third kappa shape index (κ3) is 6.05. The molecule has 2 aliphatic heterocycles. The first kappa shape index (κ1) is 18.7. The molecule has 0 N–H and O–H groups in total. The van der Waals surface area contributed by atoms with E-state index in [1.165, 1.54) is 32.7 Å². The highest BCUT2D eigenvalue weighted by atomic mass is 16.5. The number of nitrogens with zero attached hydrogens (tertiary/aromatic N) is 3. The number of likely N-dealkylation sites (tertiary alicyclic amines) is 1. The van der Waals surface area contributed by atoms with Crippen LogP contribution in [-0.4, -0.2) is 85.2 Å². The summed E-state index contributed by atoms with van der Waals surface area (Å²) in [6.07, 6.45) is 2.40. The van der Waals surface area contributed by atoms with Crippen LogP contribution in [0.15, 0.2) is 0 Å². The minimum absolute atomic E-state index is 0.126. The lowest BCUT2D eigenvalue weighted by Crippen LogP contribution is -2.51. The number of hydrogen-bond acceptors (Lipinski definition) is 4. The summed E-state index contributed by atoms with van der Waals surface area (Å²) in [4.78, 5) is 19.2. The normalized spacial score (nSPS) is 22.3. The molecule has 0 saturated carbocycles. The average molecular weight is 325 g/mol. The summed E-state index contributed by atoms with van der Waals surface area (Å²) in [6, 6.07) is 0.666. The number of ether oxygens (including phenoxy) is 1. The molecule has 1 amide bonds. The van der Waals surface area contributed by atoms with E-state index in [2.05, 4.69) is 23.6 Å². The van der Waals surface area contributed by atoms with Crippen LogP contribution in [0.4, 0.5) is 0 Å². The highest BCUT2D eigenvalue weighted by molar-refractivity contribution is 5.77. The SMILES string of the molecule is CC(C)OCC(=O)N1CCC(CN2CCN(C(C)C)CC2)CC1. The Bertz CT molecular complexity index is 357. The van der Waals surface area contributed by atoms with Crippen molar-refractivity contribution in [3.63, 3.8) is 0 Å². The lowest BCUT2D eigenvalue weighted by Gasteiger charge is -2.40. The summed E-state index contributed by atoms with van der Waals surface area (Å²) in [5.41, 5.74) is 0. The highest BCUT2D eigenvalue weighted by Gasteiger charge is 2.26. The number of carbonyl (C=O) groups is 1. The van der Waals surface area contributed by atoms with Gasteiger partial charge in [0.2, 0.25) is 5.91 Å². The zero-order valence-corrected chi connectivity index (χ0v) is 15.5. The fraction of sp³-hybridized carbons (Fsp3) is 0.944. The van der Waals surface area contributed by atoms with Crippen molar-refractivity contribution in [3.05, 3.63) is 0 Å². The minimum atomic E-state index is 0.126. The van der Waals surface area contributed by atoms with E-state index >= 15 is 0 Å². The van der Waals surface area contributed by atoms with E-state index < -0.39 is 0 Å². The van der Waals surface area contributed by atoms with Crippen molar-refractivity contribution < 1.29 is 9.53 Å². The molecule has 2 aliphatic rings. The second kappa shape index (κ2) is 9.00. The van der Waals surface area contributed by atoms with Crippen molar-refractivity contribution in [2.75, 3.05) is 52.4 Å². The predicted molar refractivity (Wildman–Crippen MR) is 93.5 cm³/mol. The van der Waals surface area contributed by atoms with Gasteiger partial charge >= 0.3 is 0 Å². The van der Waals surface area contributed by atoms with Gasteiger partial charge in [0.1, 0.15) is 6.61 Å². The Morgan fingerprint density at radius 1 is 1.00 bits per heavy atom. The third-order valence-electron chi connectivity index (χ3n) is 5.16. The molecule has 0 unspecified atom stereocenters. The molecule has 0 aromatic rings. The summed E-state index contributed by atoms with van der Waals surface area (Å²) in [7, 11) is 0. The van der Waals surface area contributed by atoms with Crippen LogP contribution in [0.2, 0.25) is 0 Å². The second-order valence-electron chi connectivity index (χ2n) is 7.61. The Kier molecular flexibility index (Phi) is 7.31. The van der Waals surface area contributed by atoms with Gasteiger partial charge in [-0.3, -0.25) is 9.69 Å². The van der Waals surface area contributed by atoms with Crippen LogP contribution in [-0.2, 0) is 9.53 Å². The first-order chi connectivity index (χ1) is 11.0. The fourth-order valence-electron chi connectivity index (χ4n) is 3.52. The molecular weight excluding hydrogens is 290 g/mol. The molecule has 2 fully saturated rings. The maximum absolute atomic E-state index is 12.1. The van der Waals surface area contributed by atoms with E-state index in [4.69, 9.17) is 4.74 Å². The van der Waals surface area contributed by atoms with Gasteiger partial charge in [-0.05, 0) is 46.5 Å². The van der Waals surface area contributed by atoms with Crippen LogP contribution < -0.4 is 0 Å². The summed E-state index contributed by atoms with van der Waals surface area (Å²) in [5, 5.41) is 0. The monoisotopic (exact) mass is 325 g/mol. The molecule has 0 bridgehead atoms. The van der Waals surface area contributed by atoms with Gasteiger partial charge in [-0.1, -0.05) is 0 Å². The van der Waals surface area contributed by atoms with Crippen molar-refractivity contribution in [1.29, 1.82) is 0 Å². The fourth-order valence-corrected chi connectivity index (χ4v) is 3.52. The number of hydrogen-bond donors (Lipinski definition) is 0. The molecule has 2 saturated heterocycles. The zero-order valence-electron chi connectivity index (χ0n) is 15.5. The first-order valence-corrected chi connectivity index (χ1v) is 9.31. The van der Waals surface area contributed by atoms with Crippen LogP contribution in [0.25, 0.3) is 0 Å². The van der Waals surface area contributed by atoms with Crippen molar-refractivity contribution >= 4 is 5.91 Å². The molecule has 23 heavy (non-hydrogen) atoms. The summed E-state index contributed by atoms with van der Waals surface area (Å²) in [6.45, 7) is 16.5. The molecule has 0 radical (unpaired) electrons. The van der Waals surface area contributed by atoms with Gasteiger partial charge in [-0.2, -0.15) is 0 Å². The smallest absolute Gasteiger partial charge is 0.248 e. The van der Waals surface area contributed by atoms with Gasteiger partial charge in [0.15, 0.2) is 0 Å². The molecule has 2 rings (SSSR count). The van der Waals surface area contributed by atoms with E-state index in [9.17, 15) is 4.79 Å². The molecule has 134 valence electrons. The molecule has 0 spiro atoms. The molecule has 0 aromatic heterocycles. The number of amides is 1. The van der Waals surface area contributed by atoms with Crippen molar-refractivity contribution in [1.82, 2.24) is 14.7 Å². The minimum Gasteiger partial charge on any atom is -0.369 e. The molecule has 5 nitrogen and oxygen atoms in total. The number of rotatable bonds is 6. The summed E-state index contributed by atoms with van der Waals surface area (Å²) < 4.78 is 5.43. The van der Waals surface area contributed by atoms with Crippen LogP contribution in [0, 0.1) is 5.92 Å². The van der Waals surface area contributed by atoms with Crippen molar-refractivity contribution in [2.45, 2.75) is 52.7 Å². The van der Waals surface area contributed by atoms with Gasteiger partial charge < -0.3 is 14.5 Å². The van der Waals surface area contributed by atoms with E-state index in [1.54, 1.807) is 0 Å². The predicted octanol–water partition coefficient (Wildman–Crippen LogP) is 1.68. The Morgan fingerprint density at radius 3 is 2.13 bits per heavy atom. The Morgan fingerprint density at radius 2 is 1.61 bits per heavy atom. The van der Waals surface area contributed by atoms with Crippen LogP contribution in [0.5, 0.6) is 0 Å². The quantitative estimate of drug-likeness (QED) is 0.744. The molecule has 2 heterocycles. The molecular formula is C18H35N3O2. The van der Waals surface area contributed by atoms with Gasteiger partial charge in [-0.15, -0.1) is 0 Å². The van der Waals surface area contributed by atoms with E-state index in [0.717, 1.165) is 31.8 Å². The van der Waals surface area contributed by atoms with Gasteiger partial charge in [0, 0.05) is 51.9 Å². The third-order valence-corrected chi connectivity index (χ3v) is 5.16. The molecule has 0 atom stereocenters. The van der Waals surface area contributed by atoms with Crippen LogP contribution in [0.3, 0.4) is 0 Å². The summed E-state index contributed by atoms with van der Waals surface area (Å²) >= 11 is 0. The lowest BCUT2D eigenvalue weighted by atomic mass is 9.96. The van der Waals surface area contributed by atoms with E-state index in [1.807, 2.05) is 18.7 Å². The Balaban J connectivity index is 1.64. The standard InChI is InChI=1S/C18H35N3O2/c1-15(2)20-11-9-19(10-12-20)13-17-5-7-21(8-6-17)18(22)14-23-16(3)4/h15-17H,5-14H2,1-4H3. The maximum Gasteiger partial charge on any atom is 0.248 e. The second-order valence-corrected chi connectivity index (χ2v) is 7.61. The highest BCUT2D eigenvalue weighted by Crippen LogP contribution is 2.19. The Labute approximate surface area is 141 Å². The molecule has 0 aromatic carbocycles. The first-order valence-electron chi connectivity index (χ1n) is 9.31. The number of piperazine rings is 1. The maximum atomic E-state index is 12.1. The van der Waals surface area contributed by atoms with Crippen molar-refractivity contribution in [2.24, 2.45) is 5.92 Å². The lowest BCUT2D eigenvalue weighted by molar-refractivity contribution is -0.139. The molecule has 5 heteroatoms. The number of piperidine rings is 1. The summed E-state index contributed by atoms with van der Waals surface area (Å²) in [5.74, 6) is 0.901. The van der Waals surface area contributed by atoms with Crippen LogP contribution >= 0.6 is 0 Å². The Hall–Kier alpha value is -0.650. The van der Waals surface area contributed by atoms with Gasteiger partial charge in [-0.25, -0.2) is 0 Å². The van der Waals surface area contributed by atoms with Gasteiger partial charge in [0.25, 0.3) is 0 Å².